The molecule has 0 fully saturated rings. The van der Waals surface area contributed by atoms with E-state index >= 15 is 0 Å². The molecule has 0 aliphatic carbocycles. The van der Waals surface area contributed by atoms with Gasteiger partial charge in [-0.05, 0) is 15.9 Å². The molecule has 0 aromatic heterocycles. The predicted octanol–water partition coefficient (Wildman–Crippen LogP) is 4.91. The summed E-state index contributed by atoms with van der Waals surface area (Å²) in [5.74, 6) is -26.1. The van der Waals surface area contributed by atoms with Crippen molar-refractivity contribution in [1.82, 2.24) is 0 Å². The normalized spacial score (nSPS) is 16.0. The van der Waals surface area contributed by atoms with E-state index < -0.39 is 33.9 Å². The minimum absolute atomic E-state index is 0.764. The molecule has 12 heteroatoms. The minimum Gasteiger partial charge on any atom is -0.199 e. The second-order valence-corrected chi connectivity index (χ2v) is 4.62. The number of hydrogen-bond acceptors (Lipinski definition) is 0. The summed E-state index contributed by atoms with van der Waals surface area (Å²) in [6.45, 7) is 0. The van der Waals surface area contributed by atoms with E-state index in [1.807, 2.05) is 0 Å². The maximum atomic E-state index is 12.6. The summed E-state index contributed by atoms with van der Waals surface area (Å²) in [6.07, 6.45) is 0. The van der Waals surface area contributed by atoms with Gasteiger partial charge in [-0.1, -0.05) is 15.9 Å². The Labute approximate surface area is 110 Å². The van der Waals surface area contributed by atoms with E-state index in [1.165, 1.54) is 0 Å². The summed E-state index contributed by atoms with van der Waals surface area (Å²) in [5.41, 5.74) is 0. The number of halogens is 12. The van der Waals surface area contributed by atoms with Crippen molar-refractivity contribution < 1.29 is 43.9 Å². The van der Waals surface area contributed by atoms with Crippen molar-refractivity contribution in [3.05, 3.63) is 0 Å². The molecule has 0 unspecified atom stereocenters. The van der Waals surface area contributed by atoms with Gasteiger partial charge in [-0.25, -0.2) is 0 Å². The SMILES string of the molecule is FC(F)(Br)C(F)(F)C(F)(F)C(F)(F)C(F)(F)CBr. The van der Waals surface area contributed by atoms with Crippen LogP contribution < -0.4 is 0 Å². The lowest BCUT2D eigenvalue weighted by Gasteiger charge is -2.37. The first-order valence-corrected chi connectivity index (χ1v) is 5.61. The molecule has 0 saturated heterocycles. The molecular weight excluding hydrogens is 422 g/mol. The summed E-state index contributed by atoms with van der Waals surface area (Å²) >= 11 is 2.47. The third-order valence-corrected chi connectivity index (χ3v) is 2.97. The first kappa shape index (κ1) is 18.3. The number of alkyl halides is 12. The molecule has 0 atom stereocenters. The topological polar surface area (TPSA) is 0 Å². The average molecular weight is 424 g/mol. The maximum Gasteiger partial charge on any atom is 0.388 e. The van der Waals surface area contributed by atoms with Gasteiger partial charge in [0.2, 0.25) is 0 Å². The fraction of sp³-hybridized carbons (Fsp3) is 1.00. The van der Waals surface area contributed by atoms with Crippen molar-refractivity contribution in [3.8, 4) is 0 Å². The highest BCUT2D eigenvalue weighted by molar-refractivity contribution is 9.10. The highest BCUT2D eigenvalue weighted by Gasteiger charge is 2.85. The van der Waals surface area contributed by atoms with Gasteiger partial charge < -0.3 is 0 Å². The van der Waals surface area contributed by atoms with Crippen molar-refractivity contribution in [1.29, 1.82) is 0 Å². The molecule has 0 rings (SSSR count). The van der Waals surface area contributed by atoms with Gasteiger partial charge >= 0.3 is 28.5 Å². The fourth-order valence-corrected chi connectivity index (χ4v) is 1.29. The molecule has 0 radical (unpaired) electrons. The first-order valence-electron chi connectivity index (χ1n) is 3.70. The molecular formula is C6H2Br2F10. The molecule has 0 aliphatic heterocycles. The van der Waals surface area contributed by atoms with E-state index in [0.717, 1.165) is 15.9 Å². The van der Waals surface area contributed by atoms with Gasteiger partial charge in [0.25, 0.3) is 0 Å². The van der Waals surface area contributed by atoms with Crippen LogP contribution in [0.15, 0.2) is 0 Å². The van der Waals surface area contributed by atoms with Crippen LogP contribution in [-0.4, -0.2) is 33.9 Å². The van der Waals surface area contributed by atoms with E-state index in [2.05, 4.69) is 0 Å². The Kier molecular flexibility index (Phi) is 4.74. The van der Waals surface area contributed by atoms with E-state index in [-0.39, 0.29) is 0 Å². The van der Waals surface area contributed by atoms with Crippen molar-refractivity contribution in [2.75, 3.05) is 5.33 Å². The van der Waals surface area contributed by atoms with Gasteiger partial charge in [0.05, 0.1) is 5.33 Å². The quantitative estimate of drug-likeness (QED) is 0.435. The Morgan fingerprint density at radius 2 is 0.944 bits per heavy atom. The van der Waals surface area contributed by atoms with Crippen LogP contribution in [0.4, 0.5) is 43.9 Å². The molecule has 110 valence electrons. The molecule has 0 nitrogen and oxygen atoms in total. The summed E-state index contributed by atoms with van der Waals surface area (Å²) in [6, 6.07) is 0. The molecule has 0 N–H and O–H groups in total. The Morgan fingerprint density at radius 3 is 1.17 bits per heavy atom. The summed E-state index contributed by atoms with van der Waals surface area (Å²) in [5, 5.41) is -2.12. The standard InChI is InChI=1S/C6H2Br2F10/c7-1-2(9,10)3(11,12)4(13,14)5(15,16)6(8,17)18/h1H2. The number of hydrogen-bond donors (Lipinski definition) is 0. The summed E-state index contributed by atoms with van der Waals surface area (Å²) in [7, 11) is 0. The Hall–Kier alpha value is 0.260. The van der Waals surface area contributed by atoms with Crippen molar-refractivity contribution in [3.63, 3.8) is 0 Å². The molecule has 0 bridgehead atoms. The minimum atomic E-state index is -6.98. The lowest BCUT2D eigenvalue weighted by molar-refractivity contribution is -0.383. The fourth-order valence-electron chi connectivity index (χ4n) is 0.689. The van der Waals surface area contributed by atoms with Crippen LogP contribution in [0.1, 0.15) is 0 Å². The van der Waals surface area contributed by atoms with Crippen LogP contribution in [0.3, 0.4) is 0 Å². The smallest absolute Gasteiger partial charge is 0.199 e. The average Bonchev–Trinajstić information content (AvgIpc) is 2.15. The third-order valence-electron chi connectivity index (χ3n) is 1.77. The van der Waals surface area contributed by atoms with Crippen LogP contribution >= 0.6 is 31.9 Å². The van der Waals surface area contributed by atoms with Crippen molar-refractivity contribution >= 4 is 31.9 Å². The largest absolute Gasteiger partial charge is 0.388 e. The highest BCUT2D eigenvalue weighted by Crippen LogP contribution is 2.58. The second kappa shape index (κ2) is 4.67. The van der Waals surface area contributed by atoms with E-state index in [4.69, 9.17) is 0 Å². The Morgan fingerprint density at radius 1 is 0.611 bits per heavy atom. The van der Waals surface area contributed by atoms with Gasteiger partial charge in [-0.15, -0.1) is 0 Å². The molecule has 0 heterocycles. The maximum absolute atomic E-state index is 12.6. The van der Waals surface area contributed by atoms with Gasteiger partial charge in [0.15, 0.2) is 0 Å². The third kappa shape index (κ3) is 2.46. The molecule has 0 aromatic rings. The van der Waals surface area contributed by atoms with E-state index in [9.17, 15) is 43.9 Å². The Balaban J connectivity index is 5.80. The van der Waals surface area contributed by atoms with Crippen LogP contribution in [0.5, 0.6) is 0 Å². The predicted molar refractivity (Wildman–Crippen MR) is 47.5 cm³/mol. The number of rotatable bonds is 5. The van der Waals surface area contributed by atoms with Crippen LogP contribution in [-0.2, 0) is 0 Å². The zero-order valence-corrected chi connectivity index (χ0v) is 10.9. The molecule has 0 amide bonds. The molecule has 0 aliphatic rings. The van der Waals surface area contributed by atoms with Gasteiger partial charge in [0, 0.05) is 0 Å². The van der Waals surface area contributed by atoms with E-state index in [0.29, 0.717) is 0 Å². The molecule has 0 saturated carbocycles. The molecule has 0 spiro atoms. The zero-order valence-electron chi connectivity index (χ0n) is 7.74. The van der Waals surface area contributed by atoms with Crippen molar-refractivity contribution in [2.24, 2.45) is 0 Å². The van der Waals surface area contributed by atoms with Gasteiger partial charge in [-0.3, -0.25) is 0 Å². The van der Waals surface area contributed by atoms with Gasteiger partial charge in [-0.2, -0.15) is 43.9 Å². The summed E-state index contributed by atoms with van der Waals surface area (Å²) in [4.78, 5) is -5.80. The lowest BCUT2D eigenvalue weighted by Crippen LogP contribution is -2.66. The Bertz CT molecular complexity index is 306. The monoisotopic (exact) mass is 422 g/mol. The van der Waals surface area contributed by atoms with Crippen molar-refractivity contribution in [2.45, 2.75) is 28.5 Å². The second-order valence-electron chi connectivity index (χ2n) is 3.06. The van der Waals surface area contributed by atoms with E-state index in [1.54, 1.807) is 15.9 Å². The van der Waals surface area contributed by atoms with Crippen LogP contribution in [0.2, 0.25) is 0 Å². The zero-order chi connectivity index (χ0) is 15.2. The molecule has 18 heavy (non-hydrogen) atoms. The highest BCUT2D eigenvalue weighted by atomic mass is 79.9. The van der Waals surface area contributed by atoms with Crippen LogP contribution in [0, 0.1) is 0 Å². The lowest BCUT2D eigenvalue weighted by atomic mass is 10.00. The summed E-state index contributed by atoms with van der Waals surface area (Å²) < 4.78 is 125. The van der Waals surface area contributed by atoms with Gasteiger partial charge in [0.1, 0.15) is 0 Å². The first-order chi connectivity index (χ1) is 7.56. The molecule has 0 aromatic carbocycles. The van der Waals surface area contributed by atoms with Crippen LogP contribution in [0.25, 0.3) is 0 Å².